The lowest BCUT2D eigenvalue weighted by Crippen LogP contribution is -2.43. The van der Waals surface area contributed by atoms with Crippen molar-refractivity contribution >= 4 is 23.6 Å². The highest BCUT2D eigenvalue weighted by Gasteiger charge is 2.23. The average Bonchev–Trinajstić information content (AvgIpc) is 2.75. The second-order valence-electron chi connectivity index (χ2n) is 7.61. The summed E-state index contributed by atoms with van der Waals surface area (Å²) >= 11 is 1.52. The fourth-order valence-corrected chi connectivity index (χ4v) is 4.84. The van der Waals surface area contributed by atoms with Crippen LogP contribution >= 0.6 is 11.8 Å². The highest BCUT2D eigenvalue weighted by Crippen LogP contribution is 2.35. The molecule has 2 atom stereocenters. The molecule has 4 nitrogen and oxygen atoms in total. The molecule has 0 spiro atoms. The average molecular weight is 412 g/mol. The van der Waals surface area contributed by atoms with Gasteiger partial charge in [0.2, 0.25) is 0 Å². The van der Waals surface area contributed by atoms with Gasteiger partial charge in [0.1, 0.15) is 0 Å². The van der Waals surface area contributed by atoms with Gasteiger partial charge in [-0.1, -0.05) is 80.4 Å². The number of ether oxygens (including phenoxy) is 1. The number of hydrogen-bond donors (Lipinski definition) is 1. The first kappa shape index (κ1) is 21.4. The van der Waals surface area contributed by atoms with Crippen LogP contribution in [0.1, 0.15) is 49.0 Å². The summed E-state index contributed by atoms with van der Waals surface area (Å²) in [5.74, 6) is 0.113. The minimum atomic E-state index is -0.362. The molecule has 1 amide bonds. The van der Waals surface area contributed by atoms with Crippen LogP contribution in [-0.2, 0) is 14.3 Å². The van der Waals surface area contributed by atoms with Gasteiger partial charge in [-0.2, -0.15) is 0 Å². The SMILES string of the molecule is CC1CCCCC1NC(=O)COC(=O)CSC(c1ccccc1)c1ccccc1. The van der Waals surface area contributed by atoms with Gasteiger partial charge in [0.05, 0.1) is 11.0 Å². The van der Waals surface area contributed by atoms with Crippen molar-refractivity contribution in [2.24, 2.45) is 5.92 Å². The molecule has 0 aromatic heterocycles. The van der Waals surface area contributed by atoms with Crippen molar-refractivity contribution in [3.8, 4) is 0 Å². The minimum absolute atomic E-state index is 0.0434. The van der Waals surface area contributed by atoms with Gasteiger partial charge in [-0.05, 0) is 29.9 Å². The van der Waals surface area contributed by atoms with Crippen LogP contribution in [0.3, 0.4) is 0 Å². The molecule has 29 heavy (non-hydrogen) atoms. The van der Waals surface area contributed by atoms with Crippen molar-refractivity contribution in [3.63, 3.8) is 0 Å². The van der Waals surface area contributed by atoms with E-state index >= 15 is 0 Å². The summed E-state index contributed by atoms with van der Waals surface area (Å²) in [6.45, 7) is 1.96. The number of carbonyl (C=O) groups excluding carboxylic acids is 2. The molecule has 2 unspecified atom stereocenters. The van der Waals surface area contributed by atoms with E-state index in [2.05, 4.69) is 36.5 Å². The largest absolute Gasteiger partial charge is 0.455 e. The number of carbonyl (C=O) groups is 2. The monoisotopic (exact) mass is 411 g/mol. The van der Waals surface area contributed by atoms with Gasteiger partial charge in [-0.25, -0.2) is 0 Å². The zero-order valence-corrected chi connectivity index (χ0v) is 17.7. The van der Waals surface area contributed by atoms with Gasteiger partial charge in [-0.3, -0.25) is 9.59 Å². The van der Waals surface area contributed by atoms with Gasteiger partial charge >= 0.3 is 5.97 Å². The van der Waals surface area contributed by atoms with Gasteiger partial charge in [0, 0.05) is 6.04 Å². The molecule has 0 aliphatic heterocycles. The van der Waals surface area contributed by atoms with Gasteiger partial charge in [-0.15, -0.1) is 11.8 Å². The predicted octanol–water partition coefficient (Wildman–Crippen LogP) is 4.75. The van der Waals surface area contributed by atoms with Crippen molar-refractivity contribution in [1.82, 2.24) is 5.32 Å². The Labute approximate surface area is 177 Å². The standard InChI is InChI=1S/C24H29NO3S/c1-18-10-8-9-15-21(18)25-22(26)16-28-23(27)17-29-24(19-11-4-2-5-12-19)20-13-6-3-7-14-20/h2-7,11-14,18,21,24H,8-10,15-17H2,1H3,(H,25,26). The van der Waals surface area contributed by atoms with E-state index in [1.165, 1.54) is 18.2 Å². The zero-order valence-electron chi connectivity index (χ0n) is 16.9. The lowest BCUT2D eigenvalue weighted by molar-refractivity contribution is -0.146. The van der Waals surface area contributed by atoms with Gasteiger partial charge in [0.25, 0.3) is 5.91 Å². The quantitative estimate of drug-likeness (QED) is 0.637. The molecule has 0 saturated heterocycles. The summed E-state index contributed by atoms with van der Waals surface area (Å²) in [4.78, 5) is 24.4. The van der Waals surface area contributed by atoms with Crippen molar-refractivity contribution in [2.75, 3.05) is 12.4 Å². The Hall–Kier alpha value is -2.27. The minimum Gasteiger partial charge on any atom is -0.455 e. The molecular formula is C24H29NO3S. The first-order valence-corrected chi connectivity index (χ1v) is 11.3. The number of hydrogen-bond acceptors (Lipinski definition) is 4. The predicted molar refractivity (Wildman–Crippen MR) is 118 cm³/mol. The third kappa shape index (κ3) is 6.64. The summed E-state index contributed by atoms with van der Waals surface area (Å²) in [7, 11) is 0. The van der Waals surface area contributed by atoms with Crippen LogP contribution in [0.25, 0.3) is 0 Å². The molecule has 0 heterocycles. The molecule has 154 valence electrons. The Kier molecular flexibility index (Phi) is 8.17. The maximum Gasteiger partial charge on any atom is 0.316 e. The van der Waals surface area contributed by atoms with Crippen molar-refractivity contribution in [1.29, 1.82) is 0 Å². The second kappa shape index (κ2) is 11.1. The van der Waals surface area contributed by atoms with Crippen LogP contribution in [0.5, 0.6) is 0 Å². The molecule has 0 bridgehead atoms. The fourth-order valence-electron chi connectivity index (χ4n) is 3.76. The number of thioether (sulfide) groups is 1. The fraction of sp³-hybridized carbons (Fsp3) is 0.417. The number of nitrogens with one attached hydrogen (secondary N) is 1. The zero-order chi connectivity index (χ0) is 20.5. The molecule has 1 aliphatic carbocycles. The Morgan fingerprint density at radius 3 is 2.17 bits per heavy atom. The van der Waals surface area contributed by atoms with E-state index in [1.54, 1.807) is 0 Å². The van der Waals surface area contributed by atoms with E-state index in [1.807, 2.05) is 36.4 Å². The van der Waals surface area contributed by atoms with Crippen LogP contribution in [0, 0.1) is 5.92 Å². The third-order valence-electron chi connectivity index (χ3n) is 5.39. The van der Waals surface area contributed by atoms with Crippen molar-refractivity contribution in [2.45, 2.75) is 43.9 Å². The van der Waals surface area contributed by atoms with E-state index in [9.17, 15) is 9.59 Å². The lowest BCUT2D eigenvalue weighted by Gasteiger charge is -2.29. The first-order valence-electron chi connectivity index (χ1n) is 10.3. The van der Waals surface area contributed by atoms with Crippen molar-refractivity contribution in [3.05, 3.63) is 71.8 Å². The molecule has 5 heteroatoms. The Bertz CT molecular complexity index is 742. The molecular weight excluding hydrogens is 382 g/mol. The Morgan fingerprint density at radius 2 is 1.59 bits per heavy atom. The van der Waals surface area contributed by atoms with E-state index in [0.29, 0.717) is 5.92 Å². The maximum absolute atomic E-state index is 12.2. The maximum atomic E-state index is 12.2. The number of rotatable bonds is 8. The van der Waals surface area contributed by atoms with E-state index in [-0.39, 0.29) is 35.5 Å². The number of amides is 1. The summed E-state index contributed by atoms with van der Waals surface area (Å²) in [5, 5.41) is 3.06. The molecule has 2 aromatic carbocycles. The first-order chi connectivity index (χ1) is 14.1. The van der Waals surface area contributed by atoms with E-state index < -0.39 is 0 Å². The van der Waals surface area contributed by atoms with Gasteiger partial charge in [0.15, 0.2) is 6.61 Å². The third-order valence-corrected chi connectivity index (χ3v) is 6.67. The second-order valence-corrected chi connectivity index (χ2v) is 8.70. The van der Waals surface area contributed by atoms with Crippen LogP contribution in [0.2, 0.25) is 0 Å². The Morgan fingerprint density at radius 1 is 1.00 bits per heavy atom. The molecule has 1 aliphatic rings. The van der Waals surface area contributed by atoms with Gasteiger partial charge < -0.3 is 10.1 Å². The highest BCUT2D eigenvalue weighted by molar-refractivity contribution is 8.00. The molecule has 0 radical (unpaired) electrons. The molecule has 1 fully saturated rings. The molecule has 1 N–H and O–H groups in total. The highest BCUT2D eigenvalue weighted by atomic mass is 32.2. The summed E-state index contributed by atoms with van der Waals surface area (Å²) in [6, 6.07) is 20.4. The molecule has 2 aromatic rings. The number of benzene rings is 2. The van der Waals surface area contributed by atoms with Crippen LogP contribution in [0.4, 0.5) is 0 Å². The normalized spacial score (nSPS) is 19.0. The Balaban J connectivity index is 1.49. The number of esters is 1. The lowest BCUT2D eigenvalue weighted by atomic mass is 9.86. The van der Waals surface area contributed by atoms with E-state index in [0.717, 1.165) is 30.4 Å². The summed E-state index contributed by atoms with van der Waals surface area (Å²) in [5.41, 5.74) is 2.28. The molecule has 1 saturated carbocycles. The van der Waals surface area contributed by atoms with E-state index in [4.69, 9.17) is 4.74 Å². The summed E-state index contributed by atoms with van der Waals surface area (Å²) < 4.78 is 5.23. The van der Waals surface area contributed by atoms with Crippen LogP contribution in [0.15, 0.2) is 60.7 Å². The smallest absolute Gasteiger partial charge is 0.316 e. The van der Waals surface area contributed by atoms with Crippen LogP contribution in [-0.4, -0.2) is 30.3 Å². The molecule has 3 rings (SSSR count). The van der Waals surface area contributed by atoms with Crippen LogP contribution < -0.4 is 5.32 Å². The topological polar surface area (TPSA) is 55.4 Å². The summed E-state index contributed by atoms with van der Waals surface area (Å²) in [6.07, 6.45) is 4.52. The van der Waals surface area contributed by atoms with Crippen molar-refractivity contribution < 1.29 is 14.3 Å².